The zero-order chi connectivity index (χ0) is 15.2. The van der Waals surface area contributed by atoms with Crippen molar-refractivity contribution < 1.29 is 0 Å². The first-order valence-electron chi connectivity index (χ1n) is 8.74. The third-order valence-electron chi connectivity index (χ3n) is 5.05. The van der Waals surface area contributed by atoms with Gasteiger partial charge in [-0.25, -0.2) is 0 Å². The van der Waals surface area contributed by atoms with Crippen molar-refractivity contribution in [3.8, 4) is 0 Å². The van der Waals surface area contributed by atoms with Gasteiger partial charge < -0.3 is 10.2 Å². The molecule has 2 nitrogen and oxygen atoms in total. The summed E-state index contributed by atoms with van der Waals surface area (Å²) in [6.07, 6.45) is 6.59. The maximum atomic E-state index is 3.33. The molecule has 2 atom stereocenters. The standard InChI is InChI=1S/C19H32N2/c1-5-7-8-16(6-2)14-21-12-11-18-13-17(15(3)20-4)9-10-19(18)21/h9-10,13,15-16,20H,5-8,11-12,14H2,1-4H3. The van der Waals surface area contributed by atoms with E-state index in [9.17, 15) is 0 Å². The lowest BCUT2D eigenvalue weighted by molar-refractivity contribution is 0.449. The molecule has 0 bridgehead atoms. The average Bonchev–Trinajstić information content (AvgIpc) is 2.92. The first kappa shape index (κ1) is 16.4. The second kappa shape index (κ2) is 7.84. The number of nitrogens with zero attached hydrogens (tertiary/aromatic N) is 1. The molecule has 1 aliphatic heterocycles. The number of unbranched alkanes of at least 4 members (excludes halogenated alkanes) is 1. The van der Waals surface area contributed by atoms with Crippen LogP contribution >= 0.6 is 0 Å². The molecule has 0 fully saturated rings. The monoisotopic (exact) mass is 288 g/mol. The van der Waals surface area contributed by atoms with Gasteiger partial charge in [0.2, 0.25) is 0 Å². The molecule has 2 heteroatoms. The van der Waals surface area contributed by atoms with E-state index in [-0.39, 0.29) is 0 Å². The van der Waals surface area contributed by atoms with Crippen LogP contribution in [0.4, 0.5) is 5.69 Å². The van der Waals surface area contributed by atoms with Crippen molar-refractivity contribution in [1.29, 1.82) is 0 Å². The van der Waals surface area contributed by atoms with Gasteiger partial charge in [-0.15, -0.1) is 0 Å². The number of nitrogens with one attached hydrogen (secondary N) is 1. The third kappa shape index (κ3) is 4.00. The number of fused-ring (bicyclic) bond motifs is 1. The highest BCUT2D eigenvalue weighted by atomic mass is 15.1. The van der Waals surface area contributed by atoms with E-state index >= 15 is 0 Å². The summed E-state index contributed by atoms with van der Waals surface area (Å²) in [5.41, 5.74) is 4.44. The van der Waals surface area contributed by atoms with Crippen molar-refractivity contribution in [1.82, 2.24) is 5.32 Å². The zero-order valence-corrected chi connectivity index (χ0v) is 14.3. The molecule has 0 saturated heterocycles. The first-order valence-corrected chi connectivity index (χ1v) is 8.74. The van der Waals surface area contributed by atoms with Crippen molar-refractivity contribution in [2.45, 2.75) is 58.9 Å². The Bertz CT molecular complexity index is 441. The minimum Gasteiger partial charge on any atom is -0.371 e. The first-order chi connectivity index (χ1) is 10.2. The quantitative estimate of drug-likeness (QED) is 0.755. The van der Waals surface area contributed by atoms with Gasteiger partial charge in [0.25, 0.3) is 0 Å². The van der Waals surface area contributed by atoms with E-state index in [2.05, 4.69) is 49.2 Å². The van der Waals surface area contributed by atoms with Crippen molar-refractivity contribution in [2.75, 3.05) is 25.0 Å². The van der Waals surface area contributed by atoms with Gasteiger partial charge in [0, 0.05) is 24.8 Å². The summed E-state index contributed by atoms with van der Waals surface area (Å²) < 4.78 is 0. The van der Waals surface area contributed by atoms with Crippen LogP contribution in [0.1, 0.15) is 63.6 Å². The molecular formula is C19H32N2. The van der Waals surface area contributed by atoms with Crippen LogP contribution in [0.25, 0.3) is 0 Å². The largest absolute Gasteiger partial charge is 0.371 e. The van der Waals surface area contributed by atoms with Gasteiger partial charge in [0.05, 0.1) is 0 Å². The Morgan fingerprint density at radius 1 is 1.29 bits per heavy atom. The van der Waals surface area contributed by atoms with E-state index in [1.807, 2.05) is 7.05 Å². The van der Waals surface area contributed by atoms with Crippen LogP contribution in [0.3, 0.4) is 0 Å². The molecule has 2 rings (SSSR count). The Hall–Kier alpha value is -1.02. The predicted octanol–water partition coefficient (Wildman–Crippen LogP) is 4.55. The van der Waals surface area contributed by atoms with E-state index in [1.165, 1.54) is 56.4 Å². The molecule has 0 saturated carbocycles. The van der Waals surface area contributed by atoms with Crippen LogP contribution < -0.4 is 10.2 Å². The van der Waals surface area contributed by atoms with E-state index < -0.39 is 0 Å². The molecule has 1 aliphatic rings. The van der Waals surface area contributed by atoms with Crippen LogP contribution in [-0.4, -0.2) is 20.1 Å². The smallest absolute Gasteiger partial charge is 0.0399 e. The highest BCUT2D eigenvalue weighted by Crippen LogP contribution is 2.32. The van der Waals surface area contributed by atoms with E-state index in [4.69, 9.17) is 0 Å². The summed E-state index contributed by atoms with van der Waals surface area (Å²) in [7, 11) is 2.03. The van der Waals surface area contributed by atoms with Gasteiger partial charge >= 0.3 is 0 Å². The lowest BCUT2D eigenvalue weighted by Crippen LogP contribution is -2.27. The molecule has 1 heterocycles. The van der Waals surface area contributed by atoms with Crippen molar-refractivity contribution in [2.24, 2.45) is 5.92 Å². The maximum Gasteiger partial charge on any atom is 0.0399 e. The Kier molecular flexibility index (Phi) is 6.10. The van der Waals surface area contributed by atoms with Gasteiger partial charge in [0.15, 0.2) is 0 Å². The van der Waals surface area contributed by atoms with Gasteiger partial charge in [-0.2, -0.15) is 0 Å². The van der Waals surface area contributed by atoms with Crippen molar-refractivity contribution in [3.05, 3.63) is 29.3 Å². The minimum atomic E-state index is 0.442. The van der Waals surface area contributed by atoms with Crippen LogP contribution in [-0.2, 0) is 6.42 Å². The van der Waals surface area contributed by atoms with Gasteiger partial charge in [-0.3, -0.25) is 0 Å². The highest BCUT2D eigenvalue weighted by Gasteiger charge is 2.22. The molecule has 1 aromatic rings. The SMILES string of the molecule is CCCCC(CC)CN1CCc2cc(C(C)NC)ccc21. The summed E-state index contributed by atoms with van der Waals surface area (Å²) in [5.74, 6) is 0.854. The number of anilines is 1. The topological polar surface area (TPSA) is 15.3 Å². The van der Waals surface area contributed by atoms with Crippen molar-refractivity contribution in [3.63, 3.8) is 0 Å². The summed E-state index contributed by atoms with van der Waals surface area (Å²) in [4.78, 5) is 2.62. The Morgan fingerprint density at radius 2 is 2.10 bits per heavy atom. The average molecular weight is 288 g/mol. The summed E-state index contributed by atoms with van der Waals surface area (Å²) in [6.45, 7) is 9.31. The van der Waals surface area contributed by atoms with E-state index in [0.29, 0.717) is 6.04 Å². The van der Waals surface area contributed by atoms with Crippen LogP contribution in [0.15, 0.2) is 18.2 Å². The third-order valence-corrected chi connectivity index (χ3v) is 5.05. The maximum absolute atomic E-state index is 3.33. The molecule has 0 aromatic heterocycles. The molecule has 1 aromatic carbocycles. The summed E-state index contributed by atoms with van der Waals surface area (Å²) in [6, 6.07) is 7.49. The number of benzene rings is 1. The fourth-order valence-corrected chi connectivity index (χ4v) is 3.34. The summed E-state index contributed by atoms with van der Waals surface area (Å²) in [5, 5.41) is 3.33. The Labute approximate surface area is 130 Å². The van der Waals surface area contributed by atoms with Gasteiger partial charge in [-0.1, -0.05) is 45.2 Å². The molecule has 1 N–H and O–H groups in total. The van der Waals surface area contributed by atoms with E-state index in [0.717, 1.165) is 5.92 Å². The fourth-order valence-electron chi connectivity index (χ4n) is 3.34. The van der Waals surface area contributed by atoms with Crippen LogP contribution in [0.5, 0.6) is 0 Å². The number of hydrogen-bond donors (Lipinski definition) is 1. The molecule has 118 valence electrons. The van der Waals surface area contributed by atoms with Crippen LogP contribution in [0.2, 0.25) is 0 Å². The van der Waals surface area contributed by atoms with Gasteiger partial charge in [0.1, 0.15) is 0 Å². The van der Waals surface area contributed by atoms with E-state index in [1.54, 1.807) is 5.56 Å². The molecule has 0 aliphatic carbocycles. The Morgan fingerprint density at radius 3 is 2.76 bits per heavy atom. The second-order valence-electron chi connectivity index (χ2n) is 6.51. The Balaban J connectivity index is 2.04. The molecule has 2 unspecified atom stereocenters. The van der Waals surface area contributed by atoms with Crippen molar-refractivity contribution >= 4 is 5.69 Å². The van der Waals surface area contributed by atoms with Gasteiger partial charge in [-0.05, 0) is 49.9 Å². The number of rotatable bonds is 8. The summed E-state index contributed by atoms with van der Waals surface area (Å²) >= 11 is 0. The number of hydrogen-bond acceptors (Lipinski definition) is 2. The zero-order valence-electron chi connectivity index (χ0n) is 14.3. The molecule has 21 heavy (non-hydrogen) atoms. The molecule has 0 amide bonds. The molecule has 0 radical (unpaired) electrons. The molecular weight excluding hydrogens is 256 g/mol. The highest BCUT2D eigenvalue weighted by molar-refractivity contribution is 5.59. The lowest BCUT2D eigenvalue weighted by Gasteiger charge is -2.25. The lowest BCUT2D eigenvalue weighted by atomic mass is 9.98. The van der Waals surface area contributed by atoms with Crippen LogP contribution in [0, 0.1) is 5.92 Å². The normalized spacial score (nSPS) is 16.9. The molecule has 0 spiro atoms. The fraction of sp³-hybridized carbons (Fsp3) is 0.684. The predicted molar refractivity (Wildman–Crippen MR) is 93.1 cm³/mol. The second-order valence-corrected chi connectivity index (χ2v) is 6.51. The minimum absolute atomic E-state index is 0.442.